The number of nitrogens with one attached hydrogen (secondary N) is 2. The third kappa shape index (κ3) is 7.32. The molecule has 0 aromatic heterocycles. The summed E-state index contributed by atoms with van der Waals surface area (Å²) < 4.78 is 5.40. The minimum absolute atomic E-state index is 0.250. The van der Waals surface area contributed by atoms with Gasteiger partial charge >= 0.3 is 6.09 Å². The van der Waals surface area contributed by atoms with Crippen LogP contribution in [0.2, 0.25) is 0 Å². The van der Waals surface area contributed by atoms with E-state index in [1.807, 2.05) is 20.8 Å². The van der Waals surface area contributed by atoms with Gasteiger partial charge in [0.1, 0.15) is 17.7 Å². The highest BCUT2D eigenvalue weighted by Crippen LogP contribution is 2.20. The first kappa shape index (κ1) is 21.3. The first-order valence-corrected chi connectivity index (χ1v) is 8.92. The van der Waals surface area contributed by atoms with Gasteiger partial charge < -0.3 is 15.4 Å². The molecule has 0 radical (unpaired) electrons. The third-order valence-electron chi connectivity index (χ3n) is 3.68. The van der Waals surface area contributed by atoms with Gasteiger partial charge in [0.05, 0.1) is 0 Å². The number of carbonyl (C=O) groups is 3. The molecule has 144 valence electrons. The second-order valence-corrected chi connectivity index (χ2v) is 8.65. The highest BCUT2D eigenvalue weighted by Gasteiger charge is 2.35. The summed E-state index contributed by atoms with van der Waals surface area (Å²) in [6.45, 7) is 13.1. The van der Waals surface area contributed by atoms with E-state index in [-0.39, 0.29) is 17.4 Å². The van der Waals surface area contributed by atoms with Gasteiger partial charge in [0.2, 0.25) is 11.8 Å². The zero-order chi connectivity index (χ0) is 19.4. The van der Waals surface area contributed by atoms with E-state index < -0.39 is 23.8 Å². The monoisotopic (exact) mass is 355 g/mol. The van der Waals surface area contributed by atoms with Crippen LogP contribution in [0, 0.1) is 0 Å². The highest BCUT2D eigenvalue weighted by atomic mass is 16.6. The Morgan fingerprint density at radius 1 is 1.08 bits per heavy atom. The number of hydrogen-bond acceptors (Lipinski definition) is 4. The largest absolute Gasteiger partial charge is 0.444 e. The SMILES string of the molecule is CC(NC(=O)C1CCCCN1C(=O)OC(C)(C)C)C(=O)NC(C)(C)C. The topological polar surface area (TPSA) is 87.7 Å². The first-order chi connectivity index (χ1) is 11.3. The van der Waals surface area contributed by atoms with Crippen LogP contribution in [0.3, 0.4) is 0 Å². The lowest BCUT2D eigenvalue weighted by Crippen LogP contribution is -2.57. The van der Waals surface area contributed by atoms with E-state index in [1.165, 1.54) is 4.90 Å². The van der Waals surface area contributed by atoms with Gasteiger partial charge in [-0.2, -0.15) is 0 Å². The molecule has 1 rings (SSSR count). The zero-order valence-electron chi connectivity index (χ0n) is 16.6. The van der Waals surface area contributed by atoms with Crippen molar-refractivity contribution in [1.29, 1.82) is 0 Å². The molecule has 1 fully saturated rings. The maximum Gasteiger partial charge on any atom is 0.410 e. The Hall–Kier alpha value is -1.79. The molecular weight excluding hydrogens is 322 g/mol. The van der Waals surface area contributed by atoms with Gasteiger partial charge in [-0.15, -0.1) is 0 Å². The molecule has 0 spiro atoms. The van der Waals surface area contributed by atoms with E-state index >= 15 is 0 Å². The minimum atomic E-state index is -0.672. The molecule has 1 aliphatic rings. The normalized spacial score (nSPS) is 19.8. The minimum Gasteiger partial charge on any atom is -0.444 e. The molecule has 0 aromatic carbocycles. The molecule has 0 aliphatic carbocycles. The number of rotatable bonds is 3. The lowest BCUT2D eigenvalue weighted by Gasteiger charge is -2.36. The Balaban J connectivity index is 2.73. The summed E-state index contributed by atoms with van der Waals surface area (Å²) >= 11 is 0. The van der Waals surface area contributed by atoms with Crippen molar-refractivity contribution in [3.63, 3.8) is 0 Å². The molecule has 0 aromatic rings. The summed E-state index contributed by atoms with van der Waals surface area (Å²) in [7, 11) is 0. The van der Waals surface area contributed by atoms with Gasteiger partial charge in [0.15, 0.2) is 0 Å². The number of hydrogen-bond donors (Lipinski definition) is 2. The molecule has 2 unspecified atom stereocenters. The Morgan fingerprint density at radius 2 is 1.68 bits per heavy atom. The second-order valence-electron chi connectivity index (χ2n) is 8.65. The Morgan fingerprint density at radius 3 is 2.20 bits per heavy atom. The van der Waals surface area contributed by atoms with E-state index in [0.717, 1.165) is 12.8 Å². The first-order valence-electron chi connectivity index (χ1n) is 8.92. The fourth-order valence-corrected chi connectivity index (χ4v) is 2.60. The smallest absolute Gasteiger partial charge is 0.410 e. The van der Waals surface area contributed by atoms with Crippen LogP contribution in [0.15, 0.2) is 0 Å². The average molecular weight is 355 g/mol. The van der Waals surface area contributed by atoms with Gasteiger partial charge in [0, 0.05) is 12.1 Å². The van der Waals surface area contributed by atoms with Crippen LogP contribution in [-0.4, -0.2) is 52.6 Å². The zero-order valence-corrected chi connectivity index (χ0v) is 16.6. The summed E-state index contributed by atoms with van der Waals surface area (Å²) in [6.07, 6.45) is 1.78. The van der Waals surface area contributed by atoms with Gasteiger partial charge in [-0.3, -0.25) is 14.5 Å². The van der Waals surface area contributed by atoms with Gasteiger partial charge in [-0.1, -0.05) is 0 Å². The lowest BCUT2D eigenvalue weighted by molar-refractivity contribution is -0.132. The molecule has 3 amide bonds. The Labute approximate surface area is 150 Å². The standard InChI is InChI=1S/C18H33N3O4/c1-12(14(22)20-17(2,3)4)19-15(23)13-10-8-9-11-21(13)16(24)25-18(5,6)7/h12-13H,8-11H2,1-7H3,(H,19,23)(H,20,22). The Bertz CT molecular complexity index is 505. The number of carbonyl (C=O) groups excluding carboxylic acids is 3. The lowest BCUT2D eigenvalue weighted by atomic mass is 10.0. The number of ether oxygens (including phenoxy) is 1. The summed E-state index contributed by atoms with van der Waals surface area (Å²) in [5.41, 5.74) is -0.987. The predicted molar refractivity (Wildman–Crippen MR) is 96.1 cm³/mol. The van der Waals surface area contributed by atoms with Gasteiger partial charge in [-0.05, 0) is 67.7 Å². The molecule has 7 nitrogen and oxygen atoms in total. The van der Waals surface area contributed by atoms with Crippen molar-refractivity contribution in [2.75, 3.05) is 6.54 Å². The van der Waals surface area contributed by atoms with E-state index in [1.54, 1.807) is 27.7 Å². The van der Waals surface area contributed by atoms with Crippen molar-refractivity contribution in [3.05, 3.63) is 0 Å². The summed E-state index contributed by atoms with van der Waals surface area (Å²) in [5, 5.41) is 5.55. The van der Waals surface area contributed by atoms with Crippen molar-refractivity contribution in [1.82, 2.24) is 15.5 Å². The Kier molecular flexibility index (Phi) is 6.85. The highest BCUT2D eigenvalue weighted by molar-refractivity contribution is 5.91. The summed E-state index contributed by atoms with van der Waals surface area (Å²) in [4.78, 5) is 38.6. The molecule has 0 bridgehead atoms. The molecular formula is C18H33N3O4. The second kappa shape index (κ2) is 8.06. The van der Waals surface area contributed by atoms with Crippen molar-refractivity contribution in [2.45, 2.75) is 91.0 Å². The van der Waals surface area contributed by atoms with E-state index in [2.05, 4.69) is 10.6 Å². The summed E-state index contributed by atoms with van der Waals surface area (Å²) in [5.74, 6) is -0.567. The van der Waals surface area contributed by atoms with Crippen molar-refractivity contribution in [3.8, 4) is 0 Å². The van der Waals surface area contributed by atoms with Crippen molar-refractivity contribution in [2.24, 2.45) is 0 Å². The molecule has 2 N–H and O–H groups in total. The third-order valence-corrected chi connectivity index (χ3v) is 3.68. The van der Waals surface area contributed by atoms with E-state index in [9.17, 15) is 14.4 Å². The number of piperidine rings is 1. The number of likely N-dealkylation sites (tertiary alicyclic amines) is 1. The molecule has 1 heterocycles. The molecule has 0 saturated carbocycles. The molecule has 1 saturated heterocycles. The summed E-state index contributed by atoms with van der Waals surface area (Å²) in [6, 6.07) is -1.28. The fraction of sp³-hybridized carbons (Fsp3) is 0.833. The average Bonchev–Trinajstić information content (AvgIpc) is 2.43. The quantitative estimate of drug-likeness (QED) is 0.812. The van der Waals surface area contributed by atoms with Crippen LogP contribution >= 0.6 is 0 Å². The van der Waals surface area contributed by atoms with Crippen LogP contribution in [0.1, 0.15) is 67.7 Å². The van der Waals surface area contributed by atoms with E-state index in [4.69, 9.17) is 4.74 Å². The number of amides is 3. The van der Waals surface area contributed by atoms with Crippen LogP contribution < -0.4 is 10.6 Å². The maximum absolute atomic E-state index is 12.6. The van der Waals surface area contributed by atoms with Crippen molar-refractivity contribution >= 4 is 17.9 Å². The van der Waals surface area contributed by atoms with Crippen LogP contribution in [0.25, 0.3) is 0 Å². The van der Waals surface area contributed by atoms with Crippen LogP contribution in [0.5, 0.6) is 0 Å². The molecule has 7 heteroatoms. The van der Waals surface area contributed by atoms with Crippen LogP contribution in [0.4, 0.5) is 4.79 Å². The van der Waals surface area contributed by atoms with Crippen molar-refractivity contribution < 1.29 is 19.1 Å². The maximum atomic E-state index is 12.6. The van der Waals surface area contributed by atoms with Crippen LogP contribution in [-0.2, 0) is 14.3 Å². The fourth-order valence-electron chi connectivity index (χ4n) is 2.60. The number of nitrogens with zero attached hydrogens (tertiary/aromatic N) is 1. The predicted octanol–water partition coefficient (Wildman–Crippen LogP) is 2.20. The molecule has 25 heavy (non-hydrogen) atoms. The van der Waals surface area contributed by atoms with E-state index in [0.29, 0.717) is 13.0 Å². The molecule has 2 atom stereocenters. The van der Waals surface area contributed by atoms with Gasteiger partial charge in [-0.25, -0.2) is 4.79 Å². The van der Waals surface area contributed by atoms with Gasteiger partial charge in [0.25, 0.3) is 0 Å². The molecule has 1 aliphatic heterocycles.